The first-order valence-corrected chi connectivity index (χ1v) is 6.92. The zero-order chi connectivity index (χ0) is 13.8. The quantitative estimate of drug-likeness (QED) is 0.908. The molecule has 3 rings (SSSR count). The first kappa shape index (κ1) is 12.8. The van der Waals surface area contributed by atoms with Gasteiger partial charge in [-0.05, 0) is 24.1 Å². The minimum absolute atomic E-state index is 0.199. The summed E-state index contributed by atoms with van der Waals surface area (Å²) in [6.45, 7) is 1.88. The number of H-pyrrole nitrogens is 1. The predicted molar refractivity (Wildman–Crippen MR) is 76.6 cm³/mol. The third-order valence-corrected chi connectivity index (χ3v) is 3.67. The molecule has 1 fully saturated rings. The Morgan fingerprint density at radius 1 is 1.20 bits per heavy atom. The van der Waals surface area contributed by atoms with Crippen LogP contribution in [0.2, 0.25) is 0 Å². The van der Waals surface area contributed by atoms with Crippen LogP contribution in [0, 0.1) is 0 Å². The molecule has 0 spiro atoms. The van der Waals surface area contributed by atoms with Gasteiger partial charge in [-0.15, -0.1) is 0 Å². The van der Waals surface area contributed by atoms with Crippen LogP contribution in [-0.4, -0.2) is 35.7 Å². The Balaban J connectivity index is 1.76. The monoisotopic (exact) mass is 270 g/mol. The highest BCUT2D eigenvalue weighted by atomic mass is 16.6. The summed E-state index contributed by atoms with van der Waals surface area (Å²) in [5, 5.41) is 0. The summed E-state index contributed by atoms with van der Waals surface area (Å²) in [5.41, 5.74) is 2.44. The molecule has 2 aromatic rings. The van der Waals surface area contributed by atoms with Gasteiger partial charge >= 0.3 is 6.09 Å². The summed E-state index contributed by atoms with van der Waals surface area (Å²) in [6.07, 6.45) is 2.63. The smallest absolute Gasteiger partial charge is 0.409 e. The molecule has 104 valence electrons. The Labute approximate surface area is 118 Å². The highest BCUT2D eigenvalue weighted by Gasteiger charge is 2.26. The molecule has 1 amide bonds. The van der Waals surface area contributed by atoms with Crippen LogP contribution in [-0.2, 0) is 11.2 Å². The minimum Gasteiger partial charge on any atom is -0.448 e. The van der Waals surface area contributed by atoms with Gasteiger partial charge in [-0.3, -0.25) is 0 Å². The lowest BCUT2D eigenvalue weighted by Crippen LogP contribution is -2.30. The standard InChI is InChI=1S/C16H18N2O2/c19-16-18(9-10-20-16)12-14(15-7-4-8-17-15)11-13-5-2-1-3-6-13/h1-8,14,17H,9-12H2. The van der Waals surface area contributed by atoms with Gasteiger partial charge in [0.05, 0.1) is 6.54 Å². The van der Waals surface area contributed by atoms with Crippen molar-refractivity contribution < 1.29 is 9.53 Å². The van der Waals surface area contributed by atoms with E-state index in [0.717, 1.165) is 12.1 Å². The Hall–Kier alpha value is -2.23. The molecule has 1 aromatic carbocycles. The summed E-state index contributed by atoms with van der Waals surface area (Å²) in [4.78, 5) is 16.7. The van der Waals surface area contributed by atoms with Gasteiger partial charge in [-0.2, -0.15) is 0 Å². The Bertz CT molecular complexity index is 551. The number of carbonyl (C=O) groups excluding carboxylic acids is 1. The molecule has 1 N–H and O–H groups in total. The van der Waals surface area contributed by atoms with Gasteiger partial charge < -0.3 is 14.6 Å². The van der Waals surface area contributed by atoms with Crippen molar-refractivity contribution in [1.29, 1.82) is 0 Å². The molecule has 1 saturated heterocycles. The van der Waals surface area contributed by atoms with Gasteiger partial charge in [0.15, 0.2) is 0 Å². The van der Waals surface area contributed by atoms with Crippen molar-refractivity contribution in [3.63, 3.8) is 0 Å². The van der Waals surface area contributed by atoms with E-state index in [9.17, 15) is 4.79 Å². The zero-order valence-electron chi connectivity index (χ0n) is 11.3. The number of ether oxygens (including phenoxy) is 1. The highest BCUT2D eigenvalue weighted by molar-refractivity contribution is 5.69. The van der Waals surface area contributed by atoms with E-state index in [1.807, 2.05) is 30.5 Å². The Morgan fingerprint density at radius 2 is 2.05 bits per heavy atom. The van der Waals surface area contributed by atoms with Crippen molar-refractivity contribution in [3.8, 4) is 0 Å². The van der Waals surface area contributed by atoms with Crippen LogP contribution in [0.15, 0.2) is 48.7 Å². The molecule has 0 saturated carbocycles. The van der Waals surface area contributed by atoms with Gasteiger partial charge in [-0.1, -0.05) is 30.3 Å². The number of aromatic amines is 1. The van der Waals surface area contributed by atoms with Crippen LogP contribution in [0.3, 0.4) is 0 Å². The van der Waals surface area contributed by atoms with Gasteiger partial charge in [0, 0.05) is 24.4 Å². The second-order valence-corrected chi connectivity index (χ2v) is 5.07. The lowest BCUT2D eigenvalue weighted by Gasteiger charge is -2.21. The van der Waals surface area contributed by atoms with E-state index >= 15 is 0 Å². The first-order valence-electron chi connectivity index (χ1n) is 6.92. The van der Waals surface area contributed by atoms with Crippen LogP contribution >= 0.6 is 0 Å². The predicted octanol–water partition coefficient (Wildman–Crippen LogP) is 2.79. The van der Waals surface area contributed by atoms with E-state index in [0.29, 0.717) is 19.7 Å². The van der Waals surface area contributed by atoms with E-state index < -0.39 is 0 Å². The van der Waals surface area contributed by atoms with E-state index in [-0.39, 0.29) is 12.0 Å². The number of rotatable bonds is 5. The highest BCUT2D eigenvalue weighted by Crippen LogP contribution is 2.22. The third-order valence-electron chi connectivity index (χ3n) is 3.67. The van der Waals surface area contributed by atoms with Crippen molar-refractivity contribution in [1.82, 2.24) is 9.88 Å². The molecule has 0 bridgehead atoms. The number of cyclic esters (lactones) is 1. The average molecular weight is 270 g/mol. The fourth-order valence-corrected chi connectivity index (χ4v) is 2.63. The van der Waals surface area contributed by atoms with Crippen molar-refractivity contribution in [2.45, 2.75) is 12.3 Å². The summed E-state index contributed by atoms with van der Waals surface area (Å²) < 4.78 is 5.01. The molecule has 1 atom stereocenters. The van der Waals surface area contributed by atoms with E-state index in [1.54, 1.807) is 4.90 Å². The number of hydrogen-bond donors (Lipinski definition) is 1. The Morgan fingerprint density at radius 3 is 2.70 bits per heavy atom. The Kier molecular flexibility index (Phi) is 3.72. The van der Waals surface area contributed by atoms with Crippen LogP contribution in [0.4, 0.5) is 4.79 Å². The fourth-order valence-electron chi connectivity index (χ4n) is 2.63. The number of amides is 1. The first-order chi connectivity index (χ1) is 9.83. The molecule has 1 unspecified atom stereocenters. The second-order valence-electron chi connectivity index (χ2n) is 5.07. The number of nitrogens with one attached hydrogen (secondary N) is 1. The van der Waals surface area contributed by atoms with Crippen molar-refractivity contribution in [2.24, 2.45) is 0 Å². The molecule has 1 aliphatic heterocycles. The lowest BCUT2D eigenvalue weighted by atomic mass is 9.96. The van der Waals surface area contributed by atoms with Crippen molar-refractivity contribution in [3.05, 3.63) is 59.9 Å². The third kappa shape index (κ3) is 2.85. The topological polar surface area (TPSA) is 45.3 Å². The minimum atomic E-state index is -0.199. The molecule has 0 aliphatic carbocycles. The summed E-state index contributed by atoms with van der Waals surface area (Å²) in [6, 6.07) is 14.4. The normalized spacial score (nSPS) is 16.2. The van der Waals surface area contributed by atoms with E-state index in [4.69, 9.17) is 4.74 Å². The fraction of sp³-hybridized carbons (Fsp3) is 0.312. The molecule has 0 radical (unpaired) electrons. The maximum Gasteiger partial charge on any atom is 0.409 e. The van der Waals surface area contributed by atoms with Crippen molar-refractivity contribution in [2.75, 3.05) is 19.7 Å². The number of benzene rings is 1. The van der Waals surface area contributed by atoms with Crippen LogP contribution in [0.25, 0.3) is 0 Å². The SMILES string of the molecule is O=C1OCCN1CC(Cc1ccccc1)c1ccc[nH]1. The van der Waals surface area contributed by atoms with Crippen molar-refractivity contribution >= 4 is 6.09 Å². The van der Waals surface area contributed by atoms with E-state index in [1.165, 1.54) is 5.56 Å². The van der Waals surface area contributed by atoms with Gasteiger partial charge in [0.2, 0.25) is 0 Å². The maximum absolute atomic E-state index is 11.6. The molecule has 20 heavy (non-hydrogen) atoms. The summed E-state index contributed by atoms with van der Waals surface area (Å²) in [5.74, 6) is 0.262. The van der Waals surface area contributed by atoms with Crippen LogP contribution in [0.1, 0.15) is 17.2 Å². The van der Waals surface area contributed by atoms with Gasteiger partial charge in [0.1, 0.15) is 6.61 Å². The summed E-state index contributed by atoms with van der Waals surface area (Å²) >= 11 is 0. The number of nitrogens with zero attached hydrogens (tertiary/aromatic N) is 1. The van der Waals surface area contributed by atoms with Gasteiger partial charge in [0.25, 0.3) is 0 Å². The summed E-state index contributed by atoms with van der Waals surface area (Å²) in [7, 11) is 0. The average Bonchev–Trinajstić information content (AvgIpc) is 3.12. The lowest BCUT2D eigenvalue weighted by molar-refractivity contribution is 0.156. The number of carbonyl (C=O) groups is 1. The zero-order valence-corrected chi connectivity index (χ0v) is 11.3. The molecule has 4 nitrogen and oxygen atoms in total. The van der Waals surface area contributed by atoms with E-state index in [2.05, 4.69) is 23.2 Å². The molecule has 1 aliphatic rings. The molecule has 4 heteroatoms. The molecule has 2 heterocycles. The maximum atomic E-state index is 11.6. The van der Waals surface area contributed by atoms with Gasteiger partial charge in [-0.25, -0.2) is 4.79 Å². The largest absolute Gasteiger partial charge is 0.448 e. The number of hydrogen-bond acceptors (Lipinski definition) is 2. The molecular weight excluding hydrogens is 252 g/mol. The molecule has 1 aromatic heterocycles. The molecular formula is C16H18N2O2. The second kappa shape index (κ2) is 5.82. The number of aromatic nitrogens is 1. The van der Waals surface area contributed by atoms with Crippen LogP contribution in [0.5, 0.6) is 0 Å². The van der Waals surface area contributed by atoms with Crippen LogP contribution < -0.4 is 0 Å².